The zero-order chi connectivity index (χ0) is 15.4. The van der Waals surface area contributed by atoms with Gasteiger partial charge in [-0.25, -0.2) is 0 Å². The lowest BCUT2D eigenvalue weighted by atomic mass is 10.1. The zero-order valence-electron chi connectivity index (χ0n) is 12.4. The smallest absolute Gasteiger partial charge is 0.260 e. The van der Waals surface area contributed by atoms with E-state index in [1.165, 1.54) is 0 Å². The average molecular weight is 290 g/mol. The van der Waals surface area contributed by atoms with Crippen molar-refractivity contribution >= 4 is 11.6 Å². The van der Waals surface area contributed by atoms with Crippen LogP contribution in [0.1, 0.15) is 15.9 Å². The van der Waals surface area contributed by atoms with E-state index >= 15 is 0 Å². The number of amides is 1. The second-order valence-corrected chi connectivity index (χ2v) is 5.17. The first-order chi connectivity index (χ1) is 10.8. The van der Waals surface area contributed by atoms with Crippen molar-refractivity contribution in [3.8, 4) is 0 Å². The molecule has 0 bridgehead atoms. The summed E-state index contributed by atoms with van der Waals surface area (Å²) < 4.78 is 0. The minimum atomic E-state index is 0.0160. The molecule has 22 heavy (non-hydrogen) atoms. The van der Waals surface area contributed by atoms with Gasteiger partial charge in [0.15, 0.2) is 0 Å². The Kier molecular flexibility index (Phi) is 4.05. The molecule has 0 aliphatic carbocycles. The van der Waals surface area contributed by atoms with Gasteiger partial charge in [0.1, 0.15) is 0 Å². The minimum Gasteiger partial charge on any atom is -0.342 e. The van der Waals surface area contributed by atoms with Crippen molar-refractivity contribution < 1.29 is 4.79 Å². The summed E-state index contributed by atoms with van der Waals surface area (Å²) in [5.74, 6) is 0.0160. The molecule has 1 aliphatic heterocycles. The predicted octanol–water partition coefficient (Wildman–Crippen LogP) is 3.81. The largest absolute Gasteiger partial charge is 0.342 e. The number of fused-ring (bicyclic) bond motifs is 1. The van der Waals surface area contributed by atoms with E-state index in [1.54, 1.807) is 4.90 Å². The van der Waals surface area contributed by atoms with Crippen LogP contribution in [0.15, 0.2) is 79.7 Å². The van der Waals surface area contributed by atoms with Crippen molar-refractivity contribution in [1.82, 2.24) is 4.90 Å². The van der Waals surface area contributed by atoms with E-state index in [4.69, 9.17) is 0 Å². The Morgan fingerprint density at radius 1 is 0.909 bits per heavy atom. The second-order valence-electron chi connectivity index (χ2n) is 5.17. The Labute approximate surface area is 130 Å². The van der Waals surface area contributed by atoms with Gasteiger partial charge in [0.2, 0.25) is 0 Å². The molecule has 2 aromatic carbocycles. The molecule has 3 rings (SSSR count). The summed E-state index contributed by atoms with van der Waals surface area (Å²) in [4.78, 5) is 16.6. The van der Waals surface area contributed by atoms with Gasteiger partial charge in [0, 0.05) is 18.9 Å². The number of rotatable bonds is 4. The number of nitrogens with zero attached hydrogens (tertiary/aromatic N) is 2. The van der Waals surface area contributed by atoms with Gasteiger partial charge in [-0.2, -0.15) is 0 Å². The van der Waals surface area contributed by atoms with Crippen LogP contribution in [0.3, 0.4) is 0 Å². The van der Waals surface area contributed by atoms with Gasteiger partial charge in [-0.05, 0) is 17.7 Å². The van der Waals surface area contributed by atoms with Crippen molar-refractivity contribution in [2.24, 2.45) is 0 Å². The van der Waals surface area contributed by atoms with E-state index in [1.807, 2.05) is 78.0 Å². The summed E-state index contributed by atoms with van der Waals surface area (Å²) in [6.07, 6.45) is 5.62. The number of para-hydroxylation sites is 1. The number of carbonyl (C=O) groups excluding carboxylic acids is 1. The highest BCUT2D eigenvalue weighted by Crippen LogP contribution is 2.26. The number of carbonyl (C=O) groups is 1. The maximum Gasteiger partial charge on any atom is 0.260 e. The van der Waals surface area contributed by atoms with Crippen molar-refractivity contribution in [1.29, 1.82) is 0 Å². The maximum atomic E-state index is 12.8. The van der Waals surface area contributed by atoms with Crippen LogP contribution in [0.25, 0.3) is 0 Å². The molecule has 0 unspecified atom stereocenters. The fraction of sp³-hybridized carbons (Fsp3) is 0.105. The zero-order valence-corrected chi connectivity index (χ0v) is 12.4. The number of benzene rings is 2. The van der Waals surface area contributed by atoms with Crippen LogP contribution in [-0.2, 0) is 6.54 Å². The summed E-state index contributed by atoms with van der Waals surface area (Å²) in [6, 6.07) is 17.7. The Bertz CT molecular complexity index is 706. The highest BCUT2D eigenvalue weighted by atomic mass is 16.2. The van der Waals surface area contributed by atoms with Gasteiger partial charge in [0.05, 0.1) is 17.8 Å². The second kappa shape index (κ2) is 6.31. The lowest BCUT2D eigenvalue weighted by molar-refractivity contribution is 0.0816. The monoisotopic (exact) mass is 290 g/mol. The molecule has 0 N–H and O–H groups in total. The van der Waals surface area contributed by atoms with Crippen molar-refractivity contribution in [3.05, 3.63) is 90.8 Å². The van der Waals surface area contributed by atoms with Gasteiger partial charge in [-0.1, -0.05) is 48.5 Å². The van der Waals surface area contributed by atoms with E-state index in [9.17, 15) is 4.79 Å². The van der Waals surface area contributed by atoms with Gasteiger partial charge < -0.3 is 9.80 Å². The van der Waals surface area contributed by atoms with Gasteiger partial charge >= 0.3 is 0 Å². The lowest BCUT2D eigenvalue weighted by Gasteiger charge is -2.19. The molecule has 3 nitrogen and oxygen atoms in total. The van der Waals surface area contributed by atoms with Crippen LogP contribution in [0.5, 0.6) is 0 Å². The van der Waals surface area contributed by atoms with Crippen LogP contribution >= 0.6 is 0 Å². The summed E-state index contributed by atoms with van der Waals surface area (Å²) in [6.45, 7) is 5.02. The van der Waals surface area contributed by atoms with Crippen LogP contribution < -0.4 is 4.90 Å². The molecule has 0 fully saturated rings. The van der Waals surface area contributed by atoms with E-state index in [-0.39, 0.29) is 5.91 Å². The topological polar surface area (TPSA) is 23.6 Å². The van der Waals surface area contributed by atoms with E-state index in [0.717, 1.165) is 11.3 Å². The summed E-state index contributed by atoms with van der Waals surface area (Å²) in [5.41, 5.74) is 2.74. The maximum absolute atomic E-state index is 12.8. The third-order valence-corrected chi connectivity index (χ3v) is 3.65. The van der Waals surface area contributed by atoms with Crippen LogP contribution in [0.2, 0.25) is 0 Å². The highest BCUT2D eigenvalue weighted by molar-refractivity contribution is 6.01. The Morgan fingerprint density at radius 2 is 1.59 bits per heavy atom. The molecule has 0 saturated carbocycles. The van der Waals surface area contributed by atoms with E-state index in [0.29, 0.717) is 18.7 Å². The molecule has 1 amide bonds. The Hall–Kier alpha value is -2.81. The average Bonchev–Trinajstić information content (AvgIpc) is 2.69. The fourth-order valence-electron chi connectivity index (χ4n) is 2.57. The van der Waals surface area contributed by atoms with Crippen LogP contribution in [-0.4, -0.2) is 17.4 Å². The Morgan fingerprint density at radius 3 is 2.36 bits per heavy atom. The van der Waals surface area contributed by atoms with Crippen LogP contribution in [0.4, 0.5) is 5.69 Å². The molecule has 0 saturated heterocycles. The van der Waals surface area contributed by atoms with Crippen molar-refractivity contribution in [2.75, 3.05) is 11.4 Å². The normalized spacial score (nSPS) is 13.7. The molecule has 0 radical (unpaired) electrons. The Balaban J connectivity index is 1.96. The van der Waals surface area contributed by atoms with Gasteiger partial charge in [-0.15, -0.1) is 6.58 Å². The molecule has 1 heterocycles. The molecular formula is C19H18N2O. The van der Waals surface area contributed by atoms with E-state index in [2.05, 4.69) is 6.58 Å². The third kappa shape index (κ3) is 2.79. The molecule has 110 valence electrons. The van der Waals surface area contributed by atoms with Gasteiger partial charge in [-0.3, -0.25) is 4.79 Å². The van der Waals surface area contributed by atoms with Gasteiger partial charge in [0.25, 0.3) is 5.91 Å². The van der Waals surface area contributed by atoms with E-state index < -0.39 is 0 Å². The molecule has 2 aromatic rings. The number of hydrogen-bond donors (Lipinski definition) is 0. The highest BCUT2D eigenvalue weighted by Gasteiger charge is 2.22. The predicted molar refractivity (Wildman–Crippen MR) is 89.4 cm³/mol. The molecule has 0 aromatic heterocycles. The molecule has 0 atom stereocenters. The third-order valence-electron chi connectivity index (χ3n) is 3.65. The van der Waals surface area contributed by atoms with Crippen molar-refractivity contribution in [3.63, 3.8) is 0 Å². The lowest BCUT2D eigenvalue weighted by Crippen LogP contribution is -2.24. The number of anilines is 1. The quantitative estimate of drug-likeness (QED) is 0.799. The fourth-order valence-corrected chi connectivity index (χ4v) is 2.57. The van der Waals surface area contributed by atoms with Crippen LogP contribution in [0, 0.1) is 0 Å². The summed E-state index contributed by atoms with van der Waals surface area (Å²) >= 11 is 0. The standard InChI is InChI=1S/C19H18N2O/c1-2-12-20-13-14-21(15-16-8-4-3-5-9-16)19(22)17-10-6-7-11-18(17)20/h2-11,13-14H,1,12,15H2. The SMILES string of the molecule is C=CCN1C=CN(Cc2ccccc2)C(=O)c2ccccc21. The van der Waals surface area contributed by atoms with Crippen molar-refractivity contribution in [2.45, 2.75) is 6.54 Å². The molecular weight excluding hydrogens is 272 g/mol. The molecule has 0 spiro atoms. The summed E-state index contributed by atoms with van der Waals surface area (Å²) in [7, 11) is 0. The minimum absolute atomic E-state index is 0.0160. The summed E-state index contributed by atoms with van der Waals surface area (Å²) in [5, 5.41) is 0. The first kappa shape index (κ1) is 14.1. The first-order valence-electron chi connectivity index (χ1n) is 7.29. The number of hydrogen-bond acceptors (Lipinski definition) is 2. The molecule has 3 heteroatoms. The first-order valence-corrected chi connectivity index (χ1v) is 7.29. The molecule has 1 aliphatic rings.